The minimum atomic E-state index is -0.840. The highest BCUT2D eigenvalue weighted by atomic mass is 35.5. The number of aromatic nitrogens is 1. The highest BCUT2D eigenvalue weighted by molar-refractivity contribution is 6.31. The Morgan fingerprint density at radius 1 is 1.03 bits per heavy atom. The molecule has 0 fully saturated rings. The van der Waals surface area contributed by atoms with Gasteiger partial charge >= 0.3 is 6.09 Å². The van der Waals surface area contributed by atoms with Crippen molar-refractivity contribution in [3.8, 4) is 11.1 Å². The van der Waals surface area contributed by atoms with E-state index in [0.717, 1.165) is 22.4 Å². The number of amides is 2. The Morgan fingerprint density at radius 2 is 1.76 bits per heavy atom. The molecule has 33 heavy (non-hydrogen) atoms. The summed E-state index contributed by atoms with van der Waals surface area (Å²) in [6.45, 7) is 7.22. The van der Waals surface area contributed by atoms with Crippen LogP contribution in [0.15, 0.2) is 66.9 Å². The number of nitrogens with zero attached hydrogens (tertiary/aromatic N) is 1. The number of hydrogen-bond acceptors (Lipinski definition) is 4. The van der Waals surface area contributed by atoms with Gasteiger partial charge in [0.25, 0.3) is 0 Å². The van der Waals surface area contributed by atoms with Gasteiger partial charge in [0, 0.05) is 29.0 Å². The molecule has 7 heteroatoms. The van der Waals surface area contributed by atoms with E-state index in [-0.39, 0.29) is 5.91 Å². The van der Waals surface area contributed by atoms with Crippen LogP contribution >= 0.6 is 11.6 Å². The molecule has 2 amide bonds. The van der Waals surface area contributed by atoms with Gasteiger partial charge in [-0.3, -0.25) is 9.78 Å². The summed E-state index contributed by atoms with van der Waals surface area (Å²) >= 11 is 6.33. The maximum atomic E-state index is 13.2. The zero-order chi connectivity index (χ0) is 24.0. The Morgan fingerprint density at radius 3 is 2.42 bits per heavy atom. The fourth-order valence-electron chi connectivity index (χ4n) is 3.29. The molecule has 1 atom stereocenters. The predicted octanol–water partition coefficient (Wildman–Crippen LogP) is 5.78. The number of ether oxygens (including phenoxy) is 1. The van der Waals surface area contributed by atoms with Crippen molar-refractivity contribution in [1.82, 2.24) is 10.3 Å². The third-order valence-electron chi connectivity index (χ3n) is 4.69. The SMILES string of the molecule is Cc1cc(-c2cc(Cl)cc(NC(=O)[C@H](Cc3ccccc3)NC(=O)OC(C)(C)C)c2)ccn1. The summed E-state index contributed by atoms with van der Waals surface area (Å²) in [6, 6.07) is 17.8. The minimum Gasteiger partial charge on any atom is -0.444 e. The van der Waals surface area contributed by atoms with E-state index in [1.54, 1.807) is 33.0 Å². The van der Waals surface area contributed by atoms with E-state index in [0.29, 0.717) is 17.1 Å². The molecule has 0 saturated carbocycles. The van der Waals surface area contributed by atoms with Crippen molar-refractivity contribution >= 4 is 29.3 Å². The molecule has 0 unspecified atom stereocenters. The van der Waals surface area contributed by atoms with Crippen LogP contribution in [0, 0.1) is 6.92 Å². The molecule has 172 valence electrons. The van der Waals surface area contributed by atoms with Crippen molar-refractivity contribution < 1.29 is 14.3 Å². The van der Waals surface area contributed by atoms with Gasteiger partial charge in [-0.05, 0) is 74.7 Å². The van der Waals surface area contributed by atoms with Gasteiger partial charge in [0.2, 0.25) is 5.91 Å². The van der Waals surface area contributed by atoms with Crippen molar-refractivity contribution in [2.75, 3.05) is 5.32 Å². The Labute approximate surface area is 199 Å². The van der Waals surface area contributed by atoms with Gasteiger partial charge in [0.15, 0.2) is 0 Å². The number of halogens is 1. The summed E-state index contributed by atoms with van der Waals surface area (Å²) in [5, 5.41) is 6.07. The first-order chi connectivity index (χ1) is 15.6. The molecule has 1 heterocycles. The van der Waals surface area contributed by atoms with Gasteiger partial charge in [-0.25, -0.2) is 4.79 Å². The first-order valence-electron chi connectivity index (χ1n) is 10.7. The molecule has 0 spiro atoms. The van der Waals surface area contributed by atoms with Crippen LogP contribution in [-0.2, 0) is 16.0 Å². The average molecular weight is 466 g/mol. The molecule has 6 nitrogen and oxygen atoms in total. The maximum absolute atomic E-state index is 13.2. The molecule has 0 saturated heterocycles. The van der Waals surface area contributed by atoms with Gasteiger partial charge in [-0.15, -0.1) is 0 Å². The van der Waals surface area contributed by atoms with E-state index in [1.807, 2.05) is 61.5 Å². The van der Waals surface area contributed by atoms with E-state index in [9.17, 15) is 9.59 Å². The number of benzene rings is 2. The summed E-state index contributed by atoms with van der Waals surface area (Å²) in [6.07, 6.45) is 1.38. The average Bonchev–Trinajstić information content (AvgIpc) is 2.72. The number of hydrogen-bond donors (Lipinski definition) is 2. The third kappa shape index (κ3) is 7.61. The number of nitrogens with one attached hydrogen (secondary N) is 2. The van der Waals surface area contributed by atoms with Crippen LogP contribution in [0.2, 0.25) is 5.02 Å². The molecular formula is C26H28ClN3O3. The highest BCUT2D eigenvalue weighted by Crippen LogP contribution is 2.27. The van der Waals surface area contributed by atoms with Gasteiger partial charge in [0.1, 0.15) is 11.6 Å². The summed E-state index contributed by atoms with van der Waals surface area (Å²) in [7, 11) is 0. The Bertz CT molecular complexity index is 1130. The topological polar surface area (TPSA) is 80.3 Å². The van der Waals surface area contributed by atoms with Crippen LogP contribution in [0.5, 0.6) is 0 Å². The van der Waals surface area contributed by atoms with E-state index in [2.05, 4.69) is 15.6 Å². The fraction of sp³-hybridized carbons (Fsp3) is 0.269. The molecule has 0 aliphatic heterocycles. The summed E-state index contributed by atoms with van der Waals surface area (Å²) in [5.74, 6) is -0.371. The summed E-state index contributed by atoms with van der Waals surface area (Å²) in [4.78, 5) is 29.8. The number of rotatable bonds is 6. The van der Waals surface area contributed by atoms with Crippen molar-refractivity contribution in [3.63, 3.8) is 0 Å². The highest BCUT2D eigenvalue weighted by Gasteiger charge is 2.25. The largest absolute Gasteiger partial charge is 0.444 e. The van der Waals surface area contributed by atoms with E-state index in [4.69, 9.17) is 16.3 Å². The number of anilines is 1. The number of alkyl carbamates (subject to hydrolysis) is 1. The second kappa shape index (κ2) is 10.5. The van der Waals surface area contributed by atoms with Crippen molar-refractivity contribution in [2.24, 2.45) is 0 Å². The minimum absolute atomic E-state index is 0.308. The molecular weight excluding hydrogens is 438 g/mol. The van der Waals surface area contributed by atoms with Crippen LogP contribution in [0.1, 0.15) is 32.0 Å². The Hall–Kier alpha value is -3.38. The van der Waals surface area contributed by atoms with Gasteiger partial charge in [-0.1, -0.05) is 41.9 Å². The lowest BCUT2D eigenvalue weighted by molar-refractivity contribution is -0.118. The number of aryl methyl sites for hydroxylation is 1. The van der Waals surface area contributed by atoms with Crippen molar-refractivity contribution in [2.45, 2.75) is 45.8 Å². The molecule has 2 aromatic carbocycles. The lowest BCUT2D eigenvalue weighted by atomic mass is 10.0. The van der Waals surface area contributed by atoms with E-state index < -0.39 is 17.7 Å². The standard InChI is InChI=1S/C26H28ClN3O3/c1-17-12-19(10-11-28-17)20-14-21(27)16-22(15-20)29-24(31)23(13-18-8-6-5-7-9-18)30-25(32)33-26(2,3)4/h5-12,14-16,23H,13H2,1-4H3,(H,29,31)(H,30,32)/t23-/m0/s1. The normalized spacial score (nSPS) is 12.0. The molecule has 1 aromatic heterocycles. The van der Waals surface area contributed by atoms with Gasteiger partial charge in [-0.2, -0.15) is 0 Å². The smallest absolute Gasteiger partial charge is 0.408 e. The Balaban J connectivity index is 1.83. The van der Waals surface area contributed by atoms with Crippen LogP contribution in [-0.4, -0.2) is 28.6 Å². The lowest BCUT2D eigenvalue weighted by Crippen LogP contribution is -2.47. The number of pyridine rings is 1. The number of carbonyl (C=O) groups excluding carboxylic acids is 2. The quantitative estimate of drug-likeness (QED) is 0.483. The summed E-state index contributed by atoms with van der Waals surface area (Å²) in [5.41, 5.74) is 3.43. The molecule has 0 radical (unpaired) electrons. The van der Waals surface area contributed by atoms with Crippen molar-refractivity contribution in [3.05, 3.63) is 83.1 Å². The van der Waals surface area contributed by atoms with Crippen LogP contribution in [0.25, 0.3) is 11.1 Å². The zero-order valence-electron chi connectivity index (χ0n) is 19.2. The molecule has 0 bridgehead atoms. The van der Waals surface area contributed by atoms with Crippen LogP contribution in [0.3, 0.4) is 0 Å². The first kappa shape index (κ1) is 24.3. The molecule has 3 rings (SSSR count). The second-order valence-corrected chi connectivity index (χ2v) is 9.23. The first-order valence-corrected chi connectivity index (χ1v) is 11.0. The summed E-state index contributed by atoms with van der Waals surface area (Å²) < 4.78 is 5.36. The lowest BCUT2D eigenvalue weighted by Gasteiger charge is -2.23. The van der Waals surface area contributed by atoms with Gasteiger partial charge in [0.05, 0.1) is 0 Å². The Kier molecular flexibility index (Phi) is 7.71. The molecule has 3 aromatic rings. The molecule has 2 N–H and O–H groups in total. The maximum Gasteiger partial charge on any atom is 0.408 e. The second-order valence-electron chi connectivity index (χ2n) is 8.79. The third-order valence-corrected chi connectivity index (χ3v) is 4.90. The predicted molar refractivity (Wildman–Crippen MR) is 131 cm³/mol. The zero-order valence-corrected chi connectivity index (χ0v) is 19.9. The molecule has 0 aliphatic carbocycles. The fourth-order valence-corrected chi connectivity index (χ4v) is 3.53. The van der Waals surface area contributed by atoms with E-state index in [1.165, 1.54) is 0 Å². The van der Waals surface area contributed by atoms with Crippen molar-refractivity contribution in [1.29, 1.82) is 0 Å². The van der Waals surface area contributed by atoms with Crippen LogP contribution in [0.4, 0.5) is 10.5 Å². The van der Waals surface area contributed by atoms with Gasteiger partial charge < -0.3 is 15.4 Å². The monoisotopic (exact) mass is 465 g/mol. The molecule has 0 aliphatic rings. The number of carbonyl (C=O) groups is 2. The van der Waals surface area contributed by atoms with E-state index >= 15 is 0 Å². The van der Waals surface area contributed by atoms with Crippen LogP contribution < -0.4 is 10.6 Å².